The Morgan fingerprint density at radius 1 is 1.17 bits per heavy atom. The Kier molecular flexibility index (Phi) is 6.44. The number of hydrogen-bond acceptors (Lipinski definition) is 2. The van der Waals surface area contributed by atoms with Gasteiger partial charge in [-0.2, -0.15) is 0 Å². The number of likely N-dealkylation sites (tertiary alicyclic amines) is 1. The number of amides is 1. The summed E-state index contributed by atoms with van der Waals surface area (Å²) in [6.07, 6.45) is 3.47. The molecule has 1 aromatic carbocycles. The van der Waals surface area contributed by atoms with Crippen LogP contribution in [-0.2, 0) is 11.3 Å². The molecule has 2 rings (SSSR count). The SMILES string of the molecule is CN=C(NCC(=O)N1CCCCC1)NCc1ccc(C)cc1C. The van der Waals surface area contributed by atoms with E-state index in [4.69, 9.17) is 0 Å². The third-order valence-electron chi connectivity index (χ3n) is 4.28. The first-order valence-corrected chi connectivity index (χ1v) is 8.38. The fourth-order valence-corrected chi connectivity index (χ4v) is 2.86. The van der Waals surface area contributed by atoms with Crippen molar-refractivity contribution in [2.75, 3.05) is 26.7 Å². The number of aliphatic imine (C=N–C) groups is 1. The van der Waals surface area contributed by atoms with Crippen molar-refractivity contribution in [1.29, 1.82) is 0 Å². The van der Waals surface area contributed by atoms with Crippen LogP contribution in [0.5, 0.6) is 0 Å². The quantitative estimate of drug-likeness (QED) is 0.660. The Bertz CT molecular complexity index is 562. The molecule has 1 aliphatic rings. The van der Waals surface area contributed by atoms with Crippen LogP contribution in [0, 0.1) is 13.8 Å². The third-order valence-corrected chi connectivity index (χ3v) is 4.28. The van der Waals surface area contributed by atoms with Gasteiger partial charge in [0.2, 0.25) is 5.91 Å². The number of nitrogens with one attached hydrogen (secondary N) is 2. The largest absolute Gasteiger partial charge is 0.352 e. The lowest BCUT2D eigenvalue weighted by atomic mass is 10.1. The molecule has 1 aliphatic heterocycles. The Morgan fingerprint density at radius 2 is 1.91 bits per heavy atom. The maximum Gasteiger partial charge on any atom is 0.241 e. The van der Waals surface area contributed by atoms with Crippen molar-refractivity contribution in [3.63, 3.8) is 0 Å². The van der Waals surface area contributed by atoms with Crippen LogP contribution >= 0.6 is 0 Å². The van der Waals surface area contributed by atoms with Crippen LogP contribution in [0.1, 0.15) is 36.0 Å². The van der Waals surface area contributed by atoms with Gasteiger partial charge in [0.05, 0.1) is 6.54 Å². The highest BCUT2D eigenvalue weighted by molar-refractivity contribution is 5.86. The molecule has 1 saturated heterocycles. The fraction of sp³-hybridized carbons (Fsp3) is 0.556. The van der Waals surface area contributed by atoms with Gasteiger partial charge in [0.25, 0.3) is 0 Å². The summed E-state index contributed by atoms with van der Waals surface area (Å²) in [5, 5.41) is 6.39. The van der Waals surface area contributed by atoms with Crippen molar-refractivity contribution >= 4 is 11.9 Å². The van der Waals surface area contributed by atoms with Gasteiger partial charge in [0.1, 0.15) is 0 Å². The number of carbonyl (C=O) groups excluding carboxylic acids is 1. The lowest BCUT2D eigenvalue weighted by Crippen LogP contribution is -2.45. The normalized spacial score (nSPS) is 15.4. The van der Waals surface area contributed by atoms with E-state index in [2.05, 4.69) is 47.7 Å². The minimum atomic E-state index is 0.152. The Morgan fingerprint density at radius 3 is 2.57 bits per heavy atom. The van der Waals surface area contributed by atoms with Crippen LogP contribution in [-0.4, -0.2) is 43.4 Å². The zero-order chi connectivity index (χ0) is 16.7. The molecule has 0 spiro atoms. The van der Waals surface area contributed by atoms with Gasteiger partial charge in [0.15, 0.2) is 5.96 Å². The molecule has 0 unspecified atom stereocenters. The molecule has 2 N–H and O–H groups in total. The molecular formula is C18H28N4O. The molecule has 1 fully saturated rings. The summed E-state index contributed by atoms with van der Waals surface area (Å²) in [5.74, 6) is 0.814. The molecule has 5 heteroatoms. The van der Waals surface area contributed by atoms with Crippen LogP contribution in [0.3, 0.4) is 0 Å². The topological polar surface area (TPSA) is 56.7 Å². The average Bonchev–Trinajstić information content (AvgIpc) is 2.57. The molecule has 0 bridgehead atoms. The molecule has 1 heterocycles. The van der Waals surface area contributed by atoms with Crippen molar-refractivity contribution in [3.05, 3.63) is 34.9 Å². The summed E-state index contributed by atoms with van der Waals surface area (Å²) < 4.78 is 0. The summed E-state index contributed by atoms with van der Waals surface area (Å²) >= 11 is 0. The van der Waals surface area contributed by atoms with Crippen molar-refractivity contribution in [1.82, 2.24) is 15.5 Å². The Labute approximate surface area is 139 Å². The van der Waals surface area contributed by atoms with Crippen LogP contribution in [0.2, 0.25) is 0 Å². The second-order valence-corrected chi connectivity index (χ2v) is 6.15. The highest BCUT2D eigenvalue weighted by Crippen LogP contribution is 2.10. The van der Waals surface area contributed by atoms with E-state index in [0.717, 1.165) is 25.9 Å². The number of carbonyl (C=O) groups is 1. The van der Waals surface area contributed by atoms with Gasteiger partial charge < -0.3 is 15.5 Å². The molecule has 1 amide bonds. The number of piperidine rings is 1. The Hall–Kier alpha value is -2.04. The zero-order valence-corrected chi connectivity index (χ0v) is 14.5. The van der Waals surface area contributed by atoms with Gasteiger partial charge in [-0.3, -0.25) is 9.79 Å². The summed E-state index contributed by atoms with van der Waals surface area (Å²) in [5.41, 5.74) is 3.76. The molecule has 0 aliphatic carbocycles. The average molecular weight is 316 g/mol. The molecule has 23 heavy (non-hydrogen) atoms. The summed E-state index contributed by atoms with van der Waals surface area (Å²) in [6.45, 7) is 6.97. The number of hydrogen-bond donors (Lipinski definition) is 2. The van der Waals surface area contributed by atoms with Crippen LogP contribution in [0.15, 0.2) is 23.2 Å². The van der Waals surface area contributed by atoms with E-state index >= 15 is 0 Å². The van der Waals surface area contributed by atoms with Crippen molar-refractivity contribution < 1.29 is 4.79 Å². The Balaban J connectivity index is 1.80. The lowest BCUT2D eigenvalue weighted by molar-refractivity contribution is -0.130. The van der Waals surface area contributed by atoms with E-state index < -0.39 is 0 Å². The van der Waals surface area contributed by atoms with E-state index in [1.807, 2.05) is 4.90 Å². The summed E-state index contributed by atoms with van der Waals surface area (Å²) in [6, 6.07) is 6.41. The monoisotopic (exact) mass is 316 g/mol. The van der Waals surface area contributed by atoms with Crippen molar-refractivity contribution in [3.8, 4) is 0 Å². The minimum absolute atomic E-state index is 0.152. The van der Waals surface area contributed by atoms with Gasteiger partial charge in [0, 0.05) is 26.7 Å². The molecule has 0 atom stereocenters. The van der Waals surface area contributed by atoms with Gasteiger partial charge in [-0.15, -0.1) is 0 Å². The van der Waals surface area contributed by atoms with Crippen molar-refractivity contribution in [2.45, 2.75) is 39.7 Å². The second-order valence-electron chi connectivity index (χ2n) is 6.15. The first kappa shape index (κ1) is 17.3. The van der Waals surface area contributed by atoms with Crippen LogP contribution < -0.4 is 10.6 Å². The molecule has 1 aromatic rings. The smallest absolute Gasteiger partial charge is 0.241 e. The second kappa shape index (κ2) is 8.56. The minimum Gasteiger partial charge on any atom is -0.352 e. The molecule has 0 aromatic heterocycles. The van der Waals surface area contributed by atoms with Gasteiger partial charge in [-0.25, -0.2) is 0 Å². The third kappa shape index (κ3) is 5.27. The predicted molar refractivity (Wildman–Crippen MR) is 94.5 cm³/mol. The van der Waals surface area contributed by atoms with Gasteiger partial charge in [-0.1, -0.05) is 23.8 Å². The van der Waals surface area contributed by atoms with Gasteiger partial charge in [-0.05, 0) is 44.2 Å². The fourth-order valence-electron chi connectivity index (χ4n) is 2.86. The maximum atomic E-state index is 12.2. The molecule has 0 saturated carbocycles. The molecule has 0 radical (unpaired) electrons. The highest BCUT2D eigenvalue weighted by atomic mass is 16.2. The standard InChI is InChI=1S/C18H28N4O/c1-14-7-8-16(15(2)11-14)12-20-18(19-3)21-13-17(23)22-9-5-4-6-10-22/h7-8,11H,4-6,9-10,12-13H2,1-3H3,(H2,19,20,21). The van der Waals surface area contributed by atoms with Gasteiger partial charge >= 0.3 is 0 Å². The summed E-state index contributed by atoms with van der Waals surface area (Å²) in [4.78, 5) is 18.3. The van der Waals surface area contributed by atoms with E-state index in [0.29, 0.717) is 19.0 Å². The number of guanidine groups is 1. The first-order valence-electron chi connectivity index (χ1n) is 8.38. The van der Waals surface area contributed by atoms with Crippen LogP contribution in [0.25, 0.3) is 0 Å². The van der Waals surface area contributed by atoms with E-state index in [1.165, 1.54) is 23.1 Å². The van der Waals surface area contributed by atoms with Crippen LogP contribution in [0.4, 0.5) is 0 Å². The number of aryl methyl sites for hydroxylation is 2. The van der Waals surface area contributed by atoms with Crippen molar-refractivity contribution in [2.24, 2.45) is 4.99 Å². The molecular weight excluding hydrogens is 288 g/mol. The van der Waals surface area contributed by atoms with E-state index in [-0.39, 0.29) is 5.91 Å². The zero-order valence-electron chi connectivity index (χ0n) is 14.5. The molecule has 126 valence electrons. The predicted octanol–water partition coefficient (Wildman–Crippen LogP) is 1.98. The van der Waals surface area contributed by atoms with E-state index in [1.54, 1.807) is 7.05 Å². The number of rotatable bonds is 4. The lowest BCUT2D eigenvalue weighted by Gasteiger charge is -2.27. The summed E-state index contributed by atoms with van der Waals surface area (Å²) in [7, 11) is 1.72. The first-order chi connectivity index (χ1) is 11.1. The maximum absolute atomic E-state index is 12.2. The molecule has 5 nitrogen and oxygen atoms in total. The highest BCUT2D eigenvalue weighted by Gasteiger charge is 2.16. The number of nitrogens with zero attached hydrogens (tertiary/aromatic N) is 2. The number of benzene rings is 1. The van der Waals surface area contributed by atoms with E-state index in [9.17, 15) is 4.79 Å².